The summed E-state index contributed by atoms with van der Waals surface area (Å²) in [5.41, 5.74) is -0.596. The van der Waals surface area contributed by atoms with Crippen molar-refractivity contribution in [1.29, 1.82) is 0 Å². The smallest absolute Gasteiger partial charge is 0.337 e. The Balaban J connectivity index is 3.08. The third-order valence-corrected chi connectivity index (χ3v) is 4.52. The van der Waals surface area contributed by atoms with Crippen LogP contribution in [0.2, 0.25) is 13.1 Å². The van der Waals surface area contributed by atoms with Gasteiger partial charge in [0.1, 0.15) is 0 Å². The number of hydrogen-bond acceptors (Lipinski definition) is 3. The number of rotatable bonds is 3. The molecular formula is C13H26O3Si. The van der Waals surface area contributed by atoms with Crippen LogP contribution in [0.1, 0.15) is 40.0 Å². The zero-order valence-electron chi connectivity index (χ0n) is 12.0. The summed E-state index contributed by atoms with van der Waals surface area (Å²) in [6.07, 6.45) is 2.92. The Hall–Kier alpha value is -0.353. The van der Waals surface area contributed by atoms with E-state index in [2.05, 4.69) is 33.9 Å². The monoisotopic (exact) mass is 258 g/mol. The van der Waals surface area contributed by atoms with E-state index in [0.717, 1.165) is 19.3 Å². The molecule has 2 atom stereocenters. The molecule has 1 aliphatic rings. The second kappa shape index (κ2) is 5.10. The highest BCUT2D eigenvalue weighted by Gasteiger charge is 2.55. The van der Waals surface area contributed by atoms with Crippen LogP contribution in [-0.4, -0.2) is 27.7 Å². The van der Waals surface area contributed by atoms with Crippen LogP contribution in [0.25, 0.3) is 0 Å². The van der Waals surface area contributed by atoms with Gasteiger partial charge in [-0.3, -0.25) is 0 Å². The second-order valence-corrected chi connectivity index (χ2v) is 8.69. The van der Waals surface area contributed by atoms with Crippen LogP contribution < -0.4 is 0 Å². The standard InChI is InChI=1S/C13H26O3Si/c1-12(2,3)10-8-7-9-13(10,11(14)15-4)16-17(5)6/h10,17H,7-9H2,1-6H3. The molecule has 0 amide bonds. The van der Waals surface area contributed by atoms with Gasteiger partial charge in [0.05, 0.1) is 7.11 Å². The van der Waals surface area contributed by atoms with Crippen LogP contribution in [-0.2, 0) is 14.0 Å². The van der Waals surface area contributed by atoms with Gasteiger partial charge in [-0.1, -0.05) is 20.8 Å². The highest BCUT2D eigenvalue weighted by Crippen LogP contribution is 2.49. The fourth-order valence-corrected chi connectivity index (χ4v) is 4.36. The van der Waals surface area contributed by atoms with Gasteiger partial charge < -0.3 is 9.16 Å². The topological polar surface area (TPSA) is 35.5 Å². The predicted octanol–water partition coefficient (Wildman–Crippen LogP) is 2.74. The molecule has 0 bridgehead atoms. The summed E-state index contributed by atoms with van der Waals surface area (Å²) in [5, 5.41) is 0. The lowest BCUT2D eigenvalue weighted by molar-refractivity contribution is -0.167. The highest BCUT2D eigenvalue weighted by atomic mass is 28.3. The molecule has 0 radical (unpaired) electrons. The van der Waals surface area contributed by atoms with Crippen LogP contribution in [0.4, 0.5) is 0 Å². The zero-order chi connectivity index (χ0) is 13.3. The van der Waals surface area contributed by atoms with Crippen molar-refractivity contribution in [3.05, 3.63) is 0 Å². The van der Waals surface area contributed by atoms with Gasteiger partial charge >= 0.3 is 5.97 Å². The van der Waals surface area contributed by atoms with Crippen molar-refractivity contribution in [2.24, 2.45) is 11.3 Å². The van der Waals surface area contributed by atoms with Crippen LogP contribution in [0.15, 0.2) is 0 Å². The SMILES string of the molecule is COC(=O)C1(O[SiH](C)C)CCCC1C(C)(C)C. The summed E-state index contributed by atoms with van der Waals surface area (Å²) >= 11 is 0. The van der Waals surface area contributed by atoms with Crippen molar-refractivity contribution in [1.82, 2.24) is 0 Å². The van der Waals surface area contributed by atoms with Crippen LogP contribution in [0.5, 0.6) is 0 Å². The van der Waals surface area contributed by atoms with E-state index >= 15 is 0 Å². The third-order valence-electron chi connectivity index (χ3n) is 3.63. The van der Waals surface area contributed by atoms with Crippen molar-refractivity contribution in [3.63, 3.8) is 0 Å². The Morgan fingerprint density at radius 3 is 2.35 bits per heavy atom. The number of methoxy groups -OCH3 is 1. The van der Waals surface area contributed by atoms with E-state index in [-0.39, 0.29) is 17.3 Å². The van der Waals surface area contributed by atoms with Crippen molar-refractivity contribution in [3.8, 4) is 0 Å². The van der Waals surface area contributed by atoms with Gasteiger partial charge in [0.2, 0.25) is 0 Å². The maximum atomic E-state index is 12.2. The van der Waals surface area contributed by atoms with E-state index in [1.165, 1.54) is 7.11 Å². The third kappa shape index (κ3) is 2.91. The molecule has 17 heavy (non-hydrogen) atoms. The molecule has 1 saturated carbocycles. The largest absolute Gasteiger partial charge is 0.467 e. The molecule has 0 saturated heterocycles. The summed E-state index contributed by atoms with van der Waals surface area (Å²) in [4.78, 5) is 12.2. The number of carbonyl (C=O) groups is 1. The molecule has 0 aromatic heterocycles. The van der Waals surface area contributed by atoms with E-state index < -0.39 is 14.6 Å². The molecule has 0 spiro atoms. The summed E-state index contributed by atoms with van der Waals surface area (Å²) < 4.78 is 11.2. The lowest BCUT2D eigenvalue weighted by atomic mass is 9.72. The maximum absolute atomic E-state index is 12.2. The van der Waals surface area contributed by atoms with Gasteiger partial charge in [0.25, 0.3) is 0 Å². The lowest BCUT2D eigenvalue weighted by Crippen LogP contribution is -2.52. The van der Waals surface area contributed by atoms with E-state index in [4.69, 9.17) is 9.16 Å². The Bertz CT molecular complexity index is 283. The minimum Gasteiger partial charge on any atom is -0.467 e. The molecule has 0 aliphatic heterocycles. The van der Waals surface area contributed by atoms with E-state index in [1.54, 1.807) is 0 Å². The molecule has 4 heteroatoms. The summed E-state index contributed by atoms with van der Waals surface area (Å²) in [5.74, 6) is 0.0912. The molecule has 2 unspecified atom stereocenters. The molecule has 0 aromatic rings. The van der Waals surface area contributed by atoms with E-state index in [9.17, 15) is 4.79 Å². The Labute approximate surface area is 107 Å². The van der Waals surface area contributed by atoms with Crippen molar-refractivity contribution >= 4 is 15.0 Å². The molecule has 1 aliphatic carbocycles. The molecule has 3 nitrogen and oxygen atoms in total. The van der Waals surface area contributed by atoms with Crippen LogP contribution in [0.3, 0.4) is 0 Å². The number of carbonyl (C=O) groups excluding carboxylic acids is 1. The van der Waals surface area contributed by atoms with Crippen LogP contribution >= 0.6 is 0 Å². The first kappa shape index (κ1) is 14.7. The molecule has 0 N–H and O–H groups in total. The van der Waals surface area contributed by atoms with Crippen molar-refractivity contribution in [2.45, 2.75) is 58.7 Å². The minimum atomic E-state index is -1.27. The van der Waals surface area contributed by atoms with Gasteiger partial charge in [-0.25, -0.2) is 4.79 Å². The molecule has 0 aromatic carbocycles. The average Bonchev–Trinajstić information content (AvgIpc) is 2.60. The minimum absolute atomic E-state index is 0.0774. The normalized spacial score (nSPS) is 29.7. The van der Waals surface area contributed by atoms with Crippen molar-refractivity contribution in [2.75, 3.05) is 7.11 Å². The average molecular weight is 258 g/mol. The zero-order valence-corrected chi connectivity index (χ0v) is 13.2. The fourth-order valence-electron chi connectivity index (χ4n) is 3.14. The summed E-state index contributed by atoms with van der Waals surface area (Å²) in [6.45, 7) is 10.8. The molecule has 1 fully saturated rings. The van der Waals surface area contributed by atoms with Gasteiger partial charge in [-0.15, -0.1) is 0 Å². The Kier molecular flexibility index (Phi) is 4.41. The first-order valence-corrected chi connectivity index (χ1v) is 9.28. The van der Waals surface area contributed by atoms with Crippen LogP contribution in [0, 0.1) is 11.3 Å². The van der Waals surface area contributed by atoms with Gasteiger partial charge in [0.15, 0.2) is 14.6 Å². The second-order valence-electron chi connectivity index (χ2n) is 6.36. The number of esters is 1. The summed E-state index contributed by atoms with van der Waals surface area (Å²) in [7, 11) is 0.194. The Morgan fingerprint density at radius 2 is 1.94 bits per heavy atom. The van der Waals surface area contributed by atoms with E-state index in [0.29, 0.717) is 0 Å². The lowest BCUT2D eigenvalue weighted by Gasteiger charge is -2.41. The first-order chi connectivity index (χ1) is 7.74. The molecular weight excluding hydrogens is 232 g/mol. The first-order valence-electron chi connectivity index (χ1n) is 6.50. The highest BCUT2D eigenvalue weighted by molar-refractivity contribution is 6.48. The fraction of sp³-hybridized carbons (Fsp3) is 0.923. The molecule has 0 heterocycles. The van der Waals surface area contributed by atoms with Gasteiger partial charge in [-0.05, 0) is 37.8 Å². The molecule has 100 valence electrons. The van der Waals surface area contributed by atoms with Gasteiger partial charge in [-0.2, -0.15) is 0 Å². The quantitative estimate of drug-likeness (QED) is 0.577. The number of hydrogen-bond donors (Lipinski definition) is 0. The summed E-state index contributed by atoms with van der Waals surface area (Å²) in [6, 6.07) is 0. The maximum Gasteiger partial charge on any atom is 0.337 e. The van der Waals surface area contributed by atoms with Crippen molar-refractivity contribution < 1.29 is 14.0 Å². The van der Waals surface area contributed by atoms with E-state index in [1.807, 2.05) is 0 Å². The molecule has 1 rings (SSSR count). The predicted molar refractivity (Wildman–Crippen MR) is 71.5 cm³/mol. The Morgan fingerprint density at radius 1 is 1.35 bits per heavy atom. The number of ether oxygens (including phenoxy) is 1. The van der Waals surface area contributed by atoms with Gasteiger partial charge in [0, 0.05) is 5.92 Å².